The van der Waals surface area contributed by atoms with Gasteiger partial charge in [-0.25, -0.2) is 4.79 Å². The Morgan fingerprint density at radius 3 is 2.27 bits per heavy atom. The third-order valence-corrected chi connectivity index (χ3v) is 4.17. The monoisotopic (exact) mass is 352 g/mol. The molecule has 0 saturated carbocycles. The third kappa shape index (κ3) is 4.42. The van der Waals surface area contributed by atoms with Crippen LogP contribution in [0.5, 0.6) is 0 Å². The molecule has 0 fully saturated rings. The summed E-state index contributed by atoms with van der Waals surface area (Å²) in [4.78, 5) is 24.6. The highest BCUT2D eigenvalue weighted by molar-refractivity contribution is 6.07. The second-order valence-corrected chi connectivity index (χ2v) is 7.46. The van der Waals surface area contributed by atoms with Gasteiger partial charge in [0, 0.05) is 5.56 Å². The minimum atomic E-state index is -0.591. The van der Waals surface area contributed by atoms with Crippen molar-refractivity contribution >= 4 is 23.4 Å². The summed E-state index contributed by atoms with van der Waals surface area (Å²) in [6.45, 7) is 5.40. The van der Waals surface area contributed by atoms with E-state index in [1.165, 1.54) is 11.1 Å². The number of carbonyl (C=O) groups excluding carboxylic acids is 2. The van der Waals surface area contributed by atoms with E-state index < -0.39 is 11.7 Å². The van der Waals surface area contributed by atoms with Gasteiger partial charge < -0.3 is 10.1 Å². The zero-order chi connectivity index (χ0) is 18.7. The van der Waals surface area contributed by atoms with Crippen LogP contribution in [0.15, 0.2) is 42.5 Å². The highest BCUT2D eigenvalue weighted by atomic mass is 16.6. The molecule has 0 heterocycles. The van der Waals surface area contributed by atoms with E-state index in [0.29, 0.717) is 16.9 Å². The number of amides is 2. The van der Waals surface area contributed by atoms with Gasteiger partial charge in [0.15, 0.2) is 0 Å². The fourth-order valence-electron chi connectivity index (χ4n) is 3.02. The van der Waals surface area contributed by atoms with Gasteiger partial charge in [0.05, 0.1) is 11.4 Å². The Balaban J connectivity index is 1.73. The Morgan fingerprint density at radius 1 is 0.923 bits per heavy atom. The van der Waals surface area contributed by atoms with Gasteiger partial charge in [0.1, 0.15) is 5.60 Å². The summed E-state index contributed by atoms with van der Waals surface area (Å²) in [6, 6.07) is 12.9. The quantitative estimate of drug-likeness (QED) is 0.836. The molecule has 2 N–H and O–H groups in total. The lowest BCUT2D eigenvalue weighted by Gasteiger charge is -2.20. The second-order valence-electron chi connectivity index (χ2n) is 7.46. The second kappa shape index (κ2) is 7.20. The van der Waals surface area contributed by atoms with E-state index in [4.69, 9.17) is 4.74 Å². The van der Waals surface area contributed by atoms with Crippen LogP contribution in [-0.4, -0.2) is 17.6 Å². The molecule has 2 aromatic carbocycles. The van der Waals surface area contributed by atoms with Gasteiger partial charge in [-0.15, -0.1) is 0 Å². The molecule has 3 rings (SSSR count). The van der Waals surface area contributed by atoms with Crippen LogP contribution in [0.2, 0.25) is 0 Å². The molecule has 0 aliphatic heterocycles. The Hall–Kier alpha value is -2.82. The first-order valence-electron chi connectivity index (χ1n) is 8.84. The molecule has 5 heteroatoms. The Labute approximate surface area is 153 Å². The fraction of sp³-hybridized carbons (Fsp3) is 0.333. The molecule has 0 spiro atoms. The van der Waals surface area contributed by atoms with E-state index in [-0.39, 0.29) is 5.91 Å². The van der Waals surface area contributed by atoms with Crippen LogP contribution < -0.4 is 10.6 Å². The normalized spacial score (nSPS) is 13.0. The maximum atomic E-state index is 12.6. The lowest BCUT2D eigenvalue weighted by atomic mass is 10.1. The van der Waals surface area contributed by atoms with Crippen LogP contribution in [-0.2, 0) is 17.6 Å². The van der Waals surface area contributed by atoms with Gasteiger partial charge in [-0.1, -0.05) is 18.2 Å². The molecule has 0 unspecified atom stereocenters. The number of benzene rings is 2. The topological polar surface area (TPSA) is 67.4 Å². The fourth-order valence-corrected chi connectivity index (χ4v) is 3.02. The van der Waals surface area contributed by atoms with Crippen LogP contribution in [0.3, 0.4) is 0 Å². The standard InChI is InChI=1S/C21H24N2O3/c1-21(2,3)26-20(25)23-18-10-5-4-9-17(18)22-19(24)16-12-11-14-7-6-8-15(14)13-16/h4-5,9-13H,6-8H2,1-3H3,(H,22,24)(H,23,25). The van der Waals surface area contributed by atoms with Crippen LogP contribution >= 0.6 is 0 Å². The lowest BCUT2D eigenvalue weighted by Crippen LogP contribution is -2.27. The van der Waals surface area contributed by atoms with Gasteiger partial charge in [0.25, 0.3) is 5.91 Å². The summed E-state index contributed by atoms with van der Waals surface area (Å²) in [5.41, 5.74) is 3.64. The first-order valence-corrected chi connectivity index (χ1v) is 8.84. The van der Waals surface area contributed by atoms with Crippen molar-refractivity contribution in [3.05, 3.63) is 59.2 Å². The lowest BCUT2D eigenvalue weighted by molar-refractivity contribution is 0.0635. The first-order chi connectivity index (χ1) is 12.3. The number of rotatable bonds is 3. The van der Waals surface area contributed by atoms with Crippen molar-refractivity contribution < 1.29 is 14.3 Å². The van der Waals surface area contributed by atoms with Crippen LogP contribution in [0.25, 0.3) is 0 Å². The number of aryl methyl sites for hydroxylation is 2. The number of para-hydroxylation sites is 2. The SMILES string of the molecule is CC(C)(C)OC(=O)Nc1ccccc1NC(=O)c1ccc2c(c1)CCC2. The summed E-state index contributed by atoms with van der Waals surface area (Å²) in [6.07, 6.45) is 2.69. The number of anilines is 2. The molecule has 1 aliphatic rings. The number of carbonyl (C=O) groups is 2. The van der Waals surface area contributed by atoms with Gasteiger partial charge in [-0.3, -0.25) is 10.1 Å². The van der Waals surface area contributed by atoms with Crippen molar-refractivity contribution in [1.82, 2.24) is 0 Å². The molecule has 26 heavy (non-hydrogen) atoms. The maximum Gasteiger partial charge on any atom is 0.412 e. The average molecular weight is 352 g/mol. The molecular weight excluding hydrogens is 328 g/mol. The number of ether oxygens (including phenoxy) is 1. The van der Waals surface area contributed by atoms with Crippen molar-refractivity contribution in [2.24, 2.45) is 0 Å². The number of hydrogen-bond acceptors (Lipinski definition) is 3. The molecule has 0 atom stereocenters. The smallest absolute Gasteiger partial charge is 0.412 e. The summed E-state index contributed by atoms with van der Waals surface area (Å²) >= 11 is 0. The molecule has 1 aliphatic carbocycles. The molecule has 2 amide bonds. The molecule has 0 bridgehead atoms. The van der Waals surface area contributed by atoms with E-state index in [0.717, 1.165) is 19.3 Å². The molecule has 0 saturated heterocycles. The Morgan fingerprint density at radius 2 is 1.58 bits per heavy atom. The maximum absolute atomic E-state index is 12.6. The van der Waals surface area contributed by atoms with E-state index in [9.17, 15) is 9.59 Å². The van der Waals surface area contributed by atoms with Crippen molar-refractivity contribution in [2.75, 3.05) is 10.6 Å². The van der Waals surface area contributed by atoms with Crippen molar-refractivity contribution in [1.29, 1.82) is 0 Å². The van der Waals surface area contributed by atoms with E-state index in [2.05, 4.69) is 10.6 Å². The van der Waals surface area contributed by atoms with Gasteiger partial charge in [0.2, 0.25) is 0 Å². The van der Waals surface area contributed by atoms with E-state index >= 15 is 0 Å². The van der Waals surface area contributed by atoms with Gasteiger partial charge >= 0.3 is 6.09 Å². The average Bonchev–Trinajstić information content (AvgIpc) is 3.02. The molecule has 136 valence electrons. The summed E-state index contributed by atoms with van der Waals surface area (Å²) in [5, 5.41) is 5.57. The predicted octanol–water partition coefficient (Wildman–Crippen LogP) is 4.77. The first kappa shape index (κ1) is 18.0. The minimum absolute atomic E-state index is 0.196. The minimum Gasteiger partial charge on any atom is -0.444 e. The molecule has 0 aromatic heterocycles. The van der Waals surface area contributed by atoms with Crippen molar-refractivity contribution in [3.8, 4) is 0 Å². The largest absolute Gasteiger partial charge is 0.444 e. The van der Waals surface area contributed by atoms with Crippen LogP contribution in [0, 0.1) is 0 Å². The Bertz CT molecular complexity index is 837. The highest BCUT2D eigenvalue weighted by Crippen LogP contribution is 2.25. The van der Waals surface area contributed by atoms with Crippen molar-refractivity contribution in [3.63, 3.8) is 0 Å². The zero-order valence-electron chi connectivity index (χ0n) is 15.4. The molecular formula is C21H24N2O3. The van der Waals surface area contributed by atoms with Gasteiger partial charge in [-0.2, -0.15) is 0 Å². The van der Waals surface area contributed by atoms with Crippen LogP contribution in [0.4, 0.5) is 16.2 Å². The summed E-state index contributed by atoms with van der Waals surface area (Å²) < 4.78 is 5.27. The van der Waals surface area contributed by atoms with Crippen molar-refractivity contribution in [2.45, 2.75) is 45.6 Å². The number of hydrogen-bond donors (Lipinski definition) is 2. The molecule has 2 aromatic rings. The van der Waals surface area contributed by atoms with Gasteiger partial charge in [-0.05, 0) is 75.4 Å². The zero-order valence-corrected chi connectivity index (χ0v) is 15.4. The molecule has 5 nitrogen and oxygen atoms in total. The summed E-state index contributed by atoms with van der Waals surface area (Å²) in [5.74, 6) is -0.196. The summed E-state index contributed by atoms with van der Waals surface area (Å²) in [7, 11) is 0. The van der Waals surface area contributed by atoms with E-state index in [1.807, 2.05) is 18.2 Å². The highest BCUT2D eigenvalue weighted by Gasteiger charge is 2.18. The Kier molecular flexibility index (Phi) is 4.98. The molecule has 0 radical (unpaired) electrons. The van der Waals surface area contributed by atoms with Crippen LogP contribution in [0.1, 0.15) is 48.7 Å². The predicted molar refractivity (Wildman–Crippen MR) is 103 cm³/mol. The third-order valence-electron chi connectivity index (χ3n) is 4.17. The number of nitrogens with one attached hydrogen (secondary N) is 2. The van der Waals surface area contributed by atoms with E-state index in [1.54, 1.807) is 45.0 Å². The number of fused-ring (bicyclic) bond motifs is 1.